The quantitative estimate of drug-likeness (QED) is 0.934. The minimum absolute atomic E-state index is 0.131. The van der Waals surface area contributed by atoms with Gasteiger partial charge in [0.1, 0.15) is 0 Å². The van der Waals surface area contributed by atoms with Crippen molar-refractivity contribution in [3.05, 3.63) is 36.3 Å². The summed E-state index contributed by atoms with van der Waals surface area (Å²) in [6, 6.07) is 6.36. The van der Waals surface area contributed by atoms with Gasteiger partial charge in [0, 0.05) is 44.9 Å². The van der Waals surface area contributed by atoms with Crippen molar-refractivity contribution in [2.24, 2.45) is 0 Å². The molecule has 0 saturated heterocycles. The molecule has 1 aliphatic heterocycles. The molecule has 2 aromatic rings. The van der Waals surface area contributed by atoms with Crippen LogP contribution in [0.1, 0.15) is 12.0 Å². The highest BCUT2D eigenvalue weighted by Gasteiger charge is 2.17. The summed E-state index contributed by atoms with van der Waals surface area (Å²) in [6.07, 6.45) is 5.22. The van der Waals surface area contributed by atoms with E-state index in [2.05, 4.69) is 33.1 Å². The number of fused-ring (bicyclic) bond motifs is 1. The lowest BCUT2D eigenvalue weighted by Crippen LogP contribution is -2.22. The van der Waals surface area contributed by atoms with E-state index in [9.17, 15) is 4.79 Å². The molecule has 5 nitrogen and oxygen atoms in total. The number of benzene rings is 1. The Morgan fingerprint density at radius 1 is 1.43 bits per heavy atom. The smallest absolute Gasteiger partial charge is 0.223 e. The maximum absolute atomic E-state index is 11.8. The zero-order valence-electron chi connectivity index (χ0n) is 12.5. The lowest BCUT2D eigenvalue weighted by atomic mass is 10.1. The van der Waals surface area contributed by atoms with Gasteiger partial charge in [-0.05, 0) is 12.0 Å². The largest absolute Gasteiger partial charge is 0.384 e. The van der Waals surface area contributed by atoms with Gasteiger partial charge in [-0.25, -0.2) is 4.98 Å². The zero-order valence-corrected chi connectivity index (χ0v) is 12.5. The lowest BCUT2D eigenvalue weighted by molar-refractivity contribution is -0.128. The van der Waals surface area contributed by atoms with Crippen molar-refractivity contribution in [3.8, 4) is 11.3 Å². The molecule has 0 spiro atoms. The molecule has 21 heavy (non-hydrogen) atoms. The summed E-state index contributed by atoms with van der Waals surface area (Å²) < 4.78 is 2.05. The van der Waals surface area contributed by atoms with Crippen molar-refractivity contribution in [1.29, 1.82) is 0 Å². The topological polar surface area (TPSA) is 50.2 Å². The molecule has 5 heteroatoms. The molecule has 1 aromatic heterocycles. The molecule has 0 atom stereocenters. The molecule has 0 unspecified atom stereocenters. The molecule has 3 rings (SSSR count). The monoisotopic (exact) mass is 284 g/mol. The third kappa shape index (κ3) is 2.63. The molecule has 1 amide bonds. The molecule has 1 aromatic carbocycles. The molecule has 2 heterocycles. The van der Waals surface area contributed by atoms with Crippen molar-refractivity contribution in [1.82, 2.24) is 14.5 Å². The second-order valence-electron chi connectivity index (χ2n) is 5.53. The number of anilines is 1. The van der Waals surface area contributed by atoms with Crippen molar-refractivity contribution in [3.63, 3.8) is 0 Å². The molecule has 0 saturated carbocycles. The van der Waals surface area contributed by atoms with Gasteiger partial charge in [-0.2, -0.15) is 0 Å². The number of nitrogens with one attached hydrogen (secondary N) is 1. The first-order valence-electron chi connectivity index (χ1n) is 7.23. The minimum atomic E-state index is 0.131. The van der Waals surface area contributed by atoms with Crippen LogP contribution in [0.25, 0.3) is 11.3 Å². The fraction of sp³-hybridized carbons (Fsp3) is 0.375. The summed E-state index contributed by atoms with van der Waals surface area (Å²) in [5.74, 6) is 0.131. The number of para-hydroxylation sites is 1. The number of rotatable bonds is 4. The molecular weight excluding hydrogens is 264 g/mol. The van der Waals surface area contributed by atoms with E-state index in [1.165, 1.54) is 16.8 Å². The fourth-order valence-electron chi connectivity index (χ4n) is 2.72. The van der Waals surface area contributed by atoms with Gasteiger partial charge in [0.15, 0.2) is 0 Å². The highest BCUT2D eigenvalue weighted by atomic mass is 16.2. The van der Waals surface area contributed by atoms with E-state index < -0.39 is 0 Å². The molecule has 110 valence electrons. The van der Waals surface area contributed by atoms with E-state index in [0.29, 0.717) is 13.0 Å². The predicted molar refractivity (Wildman–Crippen MR) is 83.2 cm³/mol. The van der Waals surface area contributed by atoms with Crippen LogP contribution < -0.4 is 5.32 Å². The Kier molecular flexibility index (Phi) is 3.64. The van der Waals surface area contributed by atoms with Crippen molar-refractivity contribution in [2.75, 3.05) is 26.0 Å². The van der Waals surface area contributed by atoms with Crippen LogP contribution in [0.3, 0.4) is 0 Å². The van der Waals surface area contributed by atoms with Gasteiger partial charge in [0.05, 0.1) is 18.2 Å². The molecule has 0 bridgehead atoms. The van der Waals surface area contributed by atoms with Crippen molar-refractivity contribution < 1.29 is 4.79 Å². The van der Waals surface area contributed by atoms with Crippen LogP contribution in [0.5, 0.6) is 0 Å². The summed E-state index contributed by atoms with van der Waals surface area (Å²) in [6.45, 7) is 1.63. The van der Waals surface area contributed by atoms with Crippen LogP contribution in [0, 0.1) is 0 Å². The lowest BCUT2D eigenvalue weighted by Gasteiger charge is -2.14. The Morgan fingerprint density at radius 3 is 3.10 bits per heavy atom. The average Bonchev–Trinajstić information content (AvgIpc) is 3.12. The number of carbonyl (C=O) groups excluding carboxylic acids is 1. The van der Waals surface area contributed by atoms with Crippen LogP contribution >= 0.6 is 0 Å². The van der Waals surface area contributed by atoms with Gasteiger partial charge < -0.3 is 14.8 Å². The Labute approximate surface area is 124 Å². The van der Waals surface area contributed by atoms with E-state index in [4.69, 9.17) is 0 Å². The molecule has 1 N–H and O–H groups in total. The molecule has 0 fully saturated rings. The van der Waals surface area contributed by atoms with Gasteiger partial charge in [-0.1, -0.05) is 18.2 Å². The SMILES string of the molecule is CN(C)C(=O)CCn1cncc1-c1cccc2c1NCC2. The Bertz CT molecular complexity index is 660. The number of nitrogens with zero attached hydrogens (tertiary/aromatic N) is 3. The highest BCUT2D eigenvalue weighted by molar-refractivity contribution is 5.80. The summed E-state index contributed by atoms with van der Waals surface area (Å²) >= 11 is 0. The Balaban J connectivity index is 1.86. The second-order valence-corrected chi connectivity index (χ2v) is 5.53. The number of aryl methyl sites for hydroxylation is 1. The van der Waals surface area contributed by atoms with Crippen LogP contribution in [-0.2, 0) is 17.8 Å². The summed E-state index contributed by atoms with van der Waals surface area (Å²) in [4.78, 5) is 17.6. The summed E-state index contributed by atoms with van der Waals surface area (Å²) in [5, 5.41) is 3.45. The number of carbonyl (C=O) groups is 1. The molecule has 1 aliphatic rings. The maximum Gasteiger partial charge on any atom is 0.223 e. The first-order valence-corrected chi connectivity index (χ1v) is 7.23. The molecule has 0 radical (unpaired) electrons. The zero-order chi connectivity index (χ0) is 14.8. The van der Waals surface area contributed by atoms with Crippen LogP contribution in [0.2, 0.25) is 0 Å². The van der Waals surface area contributed by atoms with E-state index in [1.54, 1.807) is 25.3 Å². The third-order valence-electron chi connectivity index (χ3n) is 3.90. The van der Waals surface area contributed by atoms with Gasteiger partial charge in [0.2, 0.25) is 5.91 Å². The third-order valence-corrected chi connectivity index (χ3v) is 3.90. The van der Waals surface area contributed by atoms with Gasteiger partial charge >= 0.3 is 0 Å². The first-order chi connectivity index (χ1) is 10.2. The number of hydrogen-bond donors (Lipinski definition) is 1. The van der Waals surface area contributed by atoms with Gasteiger partial charge in [0.25, 0.3) is 0 Å². The van der Waals surface area contributed by atoms with Crippen molar-refractivity contribution in [2.45, 2.75) is 19.4 Å². The standard InChI is InChI=1S/C16H20N4O/c1-19(2)15(21)7-9-20-11-17-10-14(20)13-5-3-4-12-6-8-18-16(12)13/h3-5,10-11,18H,6-9H2,1-2H3. The second kappa shape index (κ2) is 5.60. The predicted octanol–water partition coefficient (Wildman–Crippen LogP) is 2.00. The Morgan fingerprint density at radius 2 is 2.29 bits per heavy atom. The highest BCUT2D eigenvalue weighted by Crippen LogP contribution is 2.34. The minimum Gasteiger partial charge on any atom is -0.384 e. The maximum atomic E-state index is 11.8. The van der Waals surface area contributed by atoms with E-state index in [1.807, 2.05) is 6.20 Å². The molecular formula is C16H20N4O. The summed E-state index contributed by atoms with van der Waals surface area (Å²) in [5.41, 5.74) is 4.79. The van der Waals surface area contributed by atoms with E-state index >= 15 is 0 Å². The van der Waals surface area contributed by atoms with Crippen LogP contribution in [-0.4, -0.2) is 41.0 Å². The van der Waals surface area contributed by atoms with Crippen LogP contribution in [0.15, 0.2) is 30.7 Å². The number of amides is 1. The number of aromatic nitrogens is 2. The van der Waals surface area contributed by atoms with E-state index in [-0.39, 0.29) is 5.91 Å². The van der Waals surface area contributed by atoms with E-state index in [0.717, 1.165) is 18.7 Å². The Hall–Kier alpha value is -2.30. The summed E-state index contributed by atoms with van der Waals surface area (Å²) in [7, 11) is 3.57. The van der Waals surface area contributed by atoms with Gasteiger partial charge in [-0.15, -0.1) is 0 Å². The van der Waals surface area contributed by atoms with Crippen LogP contribution in [0.4, 0.5) is 5.69 Å². The fourth-order valence-corrected chi connectivity index (χ4v) is 2.72. The number of hydrogen-bond acceptors (Lipinski definition) is 3. The normalized spacial score (nSPS) is 12.9. The molecule has 0 aliphatic carbocycles. The van der Waals surface area contributed by atoms with Gasteiger partial charge in [-0.3, -0.25) is 4.79 Å². The van der Waals surface area contributed by atoms with Crippen molar-refractivity contribution >= 4 is 11.6 Å². The average molecular weight is 284 g/mol. The number of imidazole rings is 1. The first kappa shape index (κ1) is 13.7.